The van der Waals surface area contributed by atoms with E-state index in [9.17, 15) is 9.59 Å². The van der Waals surface area contributed by atoms with Crippen molar-refractivity contribution < 1.29 is 14.3 Å². The first-order chi connectivity index (χ1) is 14.0. The number of ether oxygens (including phenoxy) is 1. The van der Waals surface area contributed by atoms with Crippen molar-refractivity contribution in [1.82, 2.24) is 0 Å². The maximum Gasteiger partial charge on any atom is 0.341 e. The van der Waals surface area contributed by atoms with E-state index in [0.29, 0.717) is 10.6 Å². The van der Waals surface area contributed by atoms with Gasteiger partial charge in [0.1, 0.15) is 10.6 Å². The van der Waals surface area contributed by atoms with Crippen LogP contribution in [0.25, 0.3) is 17.2 Å². The fourth-order valence-corrected chi connectivity index (χ4v) is 3.93. The van der Waals surface area contributed by atoms with Crippen LogP contribution in [-0.2, 0) is 9.53 Å². The summed E-state index contributed by atoms with van der Waals surface area (Å²) in [5.41, 5.74) is 4.07. The van der Waals surface area contributed by atoms with Gasteiger partial charge in [-0.15, -0.1) is 11.3 Å². The van der Waals surface area contributed by atoms with Gasteiger partial charge in [-0.25, -0.2) is 4.79 Å². The molecule has 1 N–H and O–H groups in total. The SMILES string of the molecule is CCOC(=O)c1c(-c2ccc(C)cc2)csc1NC(=O)/C=C/c1ccc(Br)cc1. The van der Waals surface area contributed by atoms with E-state index in [1.165, 1.54) is 17.4 Å². The number of rotatable bonds is 6. The normalized spacial score (nSPS) is 10.9. The second-order valence-corrected chi connectivity index (χ2v) is 8.11. The van der Waals surface area contributed by atoms with Crippen molar-refractivity contribution in [2.75, 3.05) is 11.9 Å². The number of carbonyl (C=O) groups is 2. The van der Waals surface area contributed by atoms with Crippen LogP contribution in [0, 0.1) is 6.92 Å². The zero-order valence-corrected chi connectivity index (χ0v) is 18.5. The Labute approximate surface area is 182 Å². The molecule has 0 atom stereocenters. The van der Waals surface area contributed by atoms with Gasteiger partial charge in [0.2, 0.25) is 5.91 Å². The lowest BCUT2D eigenvalue weighted by molar-refractivity contribution is -0.111. The predicted octanol–water partition coefficient (Wildman–Crippen LogP) is 6.31. The van der Waals surface area contributed by atoms with E-state index >= 15 is 0 Å². The van der Waals surface area contributed by atoms with Gasteiger partial charge >= 0.3 is 5.97 Å². The van der Waals surface area contributed by atoms with Crippen LogP contribution in [0.1, 0.15) is 28.4 Å². The van der Waals surface area contributed by atoms with Gasteiger partial charge < -0.3 is 10.1 Å². The number of nitrogens with one attached hydrogen (secondary N) is 1. The summed E-state index contributed by atoms with van der Waals surface area (Å²) in [5.74, 6) is -0.757. The number of amides is 1. The van der Waals surface area contributed by atoms with Gasteiger partial charge in [0.15, 0.2) is 0 Å². The molecule has 148 valence electrons. The maximum absolute atomic E-state index is 12.6. The van der Waals surface area contributed by atoms with Crippen LogP contribution in [0.5, 0.6) is 0 Å². The number of carbonyl (C=O) groups excluding carboxylic acids is 2. The Bertz CT molecular complexity index is 1040. The lowest BCUT2D eigenvalue weighted by Gasteiger charge is -2.08. The lowest BCUT2D eigenvalue weighted by atomic mass is 10.0. The van der Waals surface area contributed by atoms with Crippen LogP contribution in [0.15, 0.2) is 64.5 Å². The Morgan fingerprint density at radius 2 is 1.79 bits per heavy atom. The number of esters is 1. The molecule has 6 heteroatoms. The van der Waals surface area contributed by atoms with Crippen molar-refractivity contribution in [1.29, 1.82) is 0 Å². The van der Waals surface area contributed by atoms with Gasteiger partial charge in [-0.05, 0) is 43.2 Å². The third-order valence-corrected chi connectivity index (χ3v) is 5.59. The van der Waals surface area contributed by atoms with Crippen LogP contribution in [0.4, 0.5) is 5.00 Å². The van der Waals surface area contributed by atoms with Crippen LogP contribution >= 0.6 is 27.3 Å². The number of anilines is 1. The van der Waals surface area contributed by atoms with Crippen LogP contribution in [0.2, 0.25) is 0 Å². The summed E-state index contributed by atoms with van der Waals surface area (Å²) in [7, 11) is 0. The predicted molar refractivity (Wildman–Crippen MR) is 122 cm³/mol. The Morgan fingerprint density at radius 1 is 1.10 bits per heavy atom. The summed E-state index contributed by atoms with van der Waals surface area (Å²) in [6, 6.07) is 15.5. The summed E-state index contributed by atoms with van der Waals surface area (Å²) in [5, 5.41) is 5.16. The summed E-state index contributed by atoms with van der Waals surface area (Å²) in [4.78, 5) is 25.0. The second-order valence-electron chi connectivity index (χ2n) is 6.31. The zero-order chi connectivity index (χ0) is 20.8. The molecular formula is C23H20BrNO3S. The minimum absolute atomic E-state index is 0.263. The molecule has 0 radical (unpaired) electrons. The molecule has 4 nitrogen and oxygen atoms in total. The third kappa shape index (κ3) is 5.43. The molecule has 1 aromatic heterocycles. The molecule has 0 aliphatic carbocycles. The van der Waals surface area contributed by atoms with E-state index in [1.807, 2.05) is 60.8 Å². The number of thiophene rings is 1. The topological polar surface area (TPSA) is 55.4 Å². The minimum atomic E-state index is -0.448. The van der Waals surface area contributed by atoms with Crippen molar-refractivity contribution in [2.24, 2.45) is 0 Å². The first-order valence-corrected chi connectivity index (χ1v) is 10.8. The van der Waals surface area contributed by atoms with Crippen molar-refractivity contribution in [3.63, 3.8) is 0 Å². The molecule has 0 aliphatic rings. The number of halogens is 1. The third-order valence-electron chi connectivity index (χ3n) is 4.17. The fourth-order valence-electron chi connectivity index (χ4n) is 2.70. The Morgan fingerprint density at radius 3 is 2.45 bits per heavy atom. The summed E-state index contributed by atoms with van der Waals surface area (Å²) in [6.45, 7) is 4.03. The van der Waals surface area contributed by atoms with Crippen molar-refractivity contribution in [3.8, 4) is 11.1 Å². The second kappa shape index (κ2) is 9.67. The highest BCUT2D eigenvalue weighted by Crippen LogP contribution is 2.36. The molecule has 0 bridgehead atoms. The molecule has 0 spiro atoms. The average Bonchev–Trinajstić information content (AvgIpc) is 3.12. The van der Waals surface area contributed by atoms with E-state index in [1.54, 1.807) is 13.0 Å². The summed E-state index contributed by atoms with van der Waals surface area (Å²) >= 11 is 4.69. The molecule has 1 heterocycles. The maximum atomic E-state index is 12.6. The molecule has 0 saturated carbocycles. The summed E-state index contributed by atoms with van der Waals surface area (Å²) in [6.07, 6.45) is 3.17. The highest BCUT2D eigenvalue weighted by molar-refractivity contribution is 9.10. The first-order valence-electron chi connectivity index (χ1n) is 9.08. The van der Waals surface area contributed by atoms with Gasteiger partial charge in [-0.2, -0.15) is 0 Å². The van der Waals surface area contributed by atoms with E-state index in [4.69, 9.17) is 4.74 Å². The monoisotopic (exact) mass is 469 g/mol. The molecular weight excluding hydrogens is 450 g/mol. The Hall–Kier alpha value is -2.70. The lowest BCUT2D eigenvalue weighted by Crippen LogP contribution is -2.12. The van der Waals surface area contributed by atoms with E-state index in [0.717, 1.165) is 26.7 Å². The molecule has 29 heavy (non-hydrogen) atoms. The van der Waals surface area contributed by atoms with E-state index in [-0.39, 0.29) is 12.5 Å². The average molecular weight is 470 g/mol. The molecule has 3 rings (SSSR count). The zero-order valence-electron chi connectivity index (χ0n) is 16.1. The van der Waals surface area contributed by atoms with Gasteiger partial charge in [0.25, 0.3) is 0 Å². The molecule has 2 aromatic carbocycles. The van der Waals surface area contributed by atoms with Crippen LogP contribution in [0.3, 0.4) is 0 Å². The van der Waals surface area contributed by atoms with Crippen molar-refractivity contribution in [2.45, 2.75) is 13.8 Å². The highest BCUT2D eigenvalue weighted by Gasteiger charge is 2.22. The molecule has 1 amide bonds. The van der Waals surface area contributed by atoms with Gasteiger partial charge in [-0.3, -0.25) is 4.79 Å². The minimum Gasteiger partial charge on any atom is -0.462 e. The molecule has 0 fully saturated rings. The van der Waals surface area contributed by atoms with Crippen LogP contribution < -0.4 is 5.32 Å². The van der Waals surface area contributed by atoms with Crippen LogP contribution in [-0.4, -0.2) is 18.5 Å². The largest absolute Gasteiger partial charge is 0.462 e. The summed E-state index contributed by atoms with van der Waals surface area (Å²) < 4.78 is 6.20. The Balaban J connectivity index is 1.86. The van der Waals surface area contributed by atoms with E-state index in [2.05, 4.69) is 21.2 Å². The molecule has 3 aromatic rings. The molecule has 0 aliphatic heterocycles. The standard InChI is InChI=1S/C23H20BrNO3S/c1-3-28-23(27)21-19(17-9-4-15(2)5-10-17)14-29-22(21)25-20(26)13-8-16-6-11-18(24)12-7-16/h4-14H,3H2,1-2H3,(H,25,26)/b13-8+. The van der Waals surface area contributed by atoms with E-state index < -0.39 is 5.97 Å². The van der Waals surface area contributed by atoms with Crippen molar-refractivity contribution in [3.05, 3.63) is 81.2 Å². The van der Waals surface area contributed by atoms with Crippen molar-refractivity contribution >= 4 is 50.2 Å². The smallest absolute Gasteiger partial charge is 0.341 e. The number of benzene rings is 2. The quantitative estimate of drug-likeness (QED) is 0.339. The highest BCUT2D eigenvalue weighted by atomic mass is 79.9. The number of hydrogen-bond acceptors (Lipinski definition) is 4. The number of hydrogen-bond donors (Lipinski definition) is 1. The first kappa shape index (κ1) is 21.0. The van der Waals surface area contributed by atoms with Gasteiger partial charge in [0.05, 0.1) is 6.61 Å². The molecule has 0 saturated heterocycles. The number of aryl methyl sites for hydroxylation is 1. The van der Waals surface area contributed by atoms with Gasteiger partial charge in [0, 0.05) is 21.5 Å². The Kier molecular flexibility index (Phi) is 7.01. The fraction of sp³-hybridized carbons (Fsp3) is 0.130. The van der Waals surface area contributed by atoms with Gasteiger partial charge in [-0.1, -0.05) is 57.9 Å². The molecule has 0 unspecified atom stereocenters.